The normalized spacial score (nSPS) is 10.2. The summed E-state index contributed by atoms with van der Waals surface area (Å²) in [5.74, 6) is 0.666. The first-order chi connectivity index (χ1) is 5.70. The van der Waals surface area contributed by atoms with Crippen molar-refractivity contribution in [1.82, 2.24) is 4.57 Å². The van der Waals surface area contributed by atoms with Gasteiger partial charge in [-0.2, -0.15) is 0 Å². The van der Waals surface area contributed by atoms with Crippen molar-refractivity contribution >= 4 is 29.1 Å². The molecule has 0 aliphatic heterocycles. The molecule has 0 N–H and O–H groups in total. The highest BCUT2D eigenvalue weighted by molar-refractivity contribution is 6.18. The van der Waals surface area contributed by atoms with Gasteiger partial charge in [-0.3, -0.25) is 9.36 Å². The third-order valence-corrected chi connectivity index (χ3v) is 2.24. The Morgan fingerprint density at radius 1 is 1.50 bits per heavy atom. The number of nitrogens with zero attached hydrogens (tertiary/aromatic N) is 1. The van der Waals surface area contributed by atoms with E-state index in [1.54, 1.807) is 6.20 Å². The number of rotatable bonds is 2. The molecule has 66 valence electrons. The van der Waals surface area contributed by atoms with Crippen LogP contribution in [0.2, 0.25) is 0 Å². The summed E-state index contributed by atoms with van der Waals surface area (Å²) in [6.07, 6.45) is 1.69. The molecule has 0 unspecified atom stereocenters. The third-order valence-electron chi connectivity index (χ3n) is 1.70. The molecular formula is C8H9Cl2NO. The minimum absolute atomic E-state index is 0.0398. The van der Waals surface area contributed by atoms with Crippen molar-refractivity contribution in [2.24, 2.45) is 0 Å². The van der Waals surface area contributed by atoms with Gasteiger partial charge < -0.3 is 0 Å². The van der Waals surface area contributed by atoms with Crippen LogP contribution < -0.4 is 0 Å². The fraction of sp³-hybridized carbons (Fsp3) is 0.375. The van der Waals surface area contributed by atoms with Crippen molar-refractivity contribution in [3.05, 3.63) is 23.5 Å². The number of aromatic nitrogens is 1. The van der Waals surface area contributed by atoms with E-state index in [2.05, 4.69) is 0 Å². The topological polar surface area (TPSA) is 22.0 Å². The number of hydrogen-bond donors (Lipinski definition) is 0. The van der Waals surface area contributed by atoms with Crippen LogP contribution in [0.25, 0.3) is 0 Å². The molecule has 0 fully saturated rings. The van der Waals surface area contributed by atoms with Crippen LogP contribution >= 0.6 is 23.2 Å². The summed E-state index contributed by atoms with van der Waals surface area (Å²) < 4.78 is 1.52. The standard InChI is InChI=1S/C8H9Cl2NO/c1-6(12)11-3-2-7(4-9)8(11)5-10/h2-3H,4-5H2,1H3. The zero-order valence-corrected chi connectivity index (χ0v) is 8.19. The van der Waals surface area contributed by atoms with Crippen LogP contribution in [-0.2, 0) is 11.8 Å². The maximum absolute atomic E-state index is 11.0. The number of carbonyl (C=O) groups excluding carboxylic acids is 1. The van der Waals surface area contributed by atoms with Gasteiger partial charge in [-0.25, -0.2) is 0 Å². The molecular weight excluding hydrogens is 197 g/mol. The van der Waals surface area contributed by atoms with Gasteiger partial charge in [0.05, 0.1) is 5.88 Å². The Morgan fingerprint density at radius 3 is 2.58 bits per heavy atom. The fourth-order valence-corrected chi connectivity index (χ4v) is 1.62. The Hall–Kier alpha value is -0.470. The first-order valence-corrected chi connectivity index (χ1v) is 4.59. The number of carbonyl (C=O) groups is 1. The lowest BCUT2D eigenvalue weighted by Gasteiger charge is -2.02. The van der Waals surface area contributed by atoms with Crippen LogP contribution in [0.5, 0.6) is 0 Å². The number of halogens is 2. The minimum atomic E-state index is -0.0398. The Bertz CT molecular complexity index is 293. The predicted molar refractivity (Wildman–Crippen MR) is 49.8 cm³/mol. The molecule has 1 heterocycles. The van der Waals surface area contributed by atoms with Crippen LogP contribution in [0.4, 0.5) is 0 Å². The van der Waals surface area contributed by atoms with Crippen LogP contribution in [0.1, 0.15) is 23.0 Å². The first-order valence-electron chi connectivity index (χ1n) is 3.52. The Balaban J connectivity index is 3.13. The van der Waals surface area contributed by atoms with Gasteiger partial charge in [-0.05, 0) is 11.6 Å². The number of alkyl halides is 2. The van der Waals surface area contributed by atoms with Crippen molar-refractivity contribution < 1.29 is 4.79 Å². The van der Waals surface area contributed by atoms with Gasteiger partial charge in [0.25, 0.3) is 0 Å². The third kappa shape index (κ3) is 1.65. The lowest BCUT2D eigenvalue weighted by molar-refractivity contribution is 0.0934. The van der Waals surface area contributed by atoms with Gasteiger partial charge in [0, 0.05) is 24.7 Å². The van der Waals surface area contributed by atoms with Crippen LogP contribution in [0.3, 0.4) is 0 Å². The smallest absolute Gasteiger partial charge is 0.227 e. The summed E-state index contributed by atoms with van der Waals surface area (Å²) in [5.41, 5.74) is 1.71. The lowest BCUT2D eigenvalue weighted by atomic mass is 10.3. The fourth-order valence-electron chi connectivity index (χ4n) is 1.07. The maximum atomic E-state index is 11.0. The molecule has 0 aromatic carbocycles. The predicted octanol–water partition coefficient (Wildman–Crippen LogP) is 2.63. The molecule has 4 heteroatoms. The average Bonchev–Trinajstić information content (AvgIpc) is 2.46. The number of hydrogen-bond acceptors (Lipinski definition) is 1. The summed E-state index contributed by atoms with van der Waals surface area (Å²) in [6, 6.07) is 1.81. The first kappa shape index (κ1) is 9.62. The van der Waals surface area contributed by atoms with E-state index in [0.29, 0.717) is 11.8 Å². The molecule has 1 rings (SSSR count). The highest BCUT2D eigenvalue weighted by Gasteiger charge is 2.09. The lowest BCUT2D eigenvalue weighted by Crippen LogP contribution is -2.07. The molecule has 2 nitrogen and oxygen atoms in total. The summed E-state index contributed by atoms with van der Waals surface area (Å²) >= 11 is 11.3. The molecule has 0 spiro atoms. The summed E-state index contributed by atoms with van der Waals surface area (Å²) in [5, 5.41) is 0. The zero-order valence-electron chi connectivity index (χ0n) is 6.68. The van der Waals surface area contributed by atoms with E-state index < -0.39 is 0 Å². The van der Waals surface area contributed by atoms with Crippen molar-refractivity contribution in [3.8, 4) is 0 Å². The summed E-state index contributed by atoms with van der Waals surface area (Å²) in [4.78, 5) is 11.0. The quantitative estimate of drug-likeness (QED) is 0.681. The molecule has 0 aliphatic carbocycles. The molecule has 0 atom stereocenters. The van der Waals surface area contributed by atoms with Crippen LogP contribution in [-0.4, -0.2) is 10.5 Å². The van der Waals surface area contributed by atoms with Crippen LogP contribution in [0, 0.1) is 0 Å². The summed E-state index contributed by atoms with van der Waals surface area (Å²) in [7, 11) is 0. The molecule has 0 saturated heterocycles. The van der Waals surface area contributed by atoms with Gasteiger partial charge >= 0.3 is 0 Å². The molecule has 0 bridgehead atoms. The van der Waals surface area contributed by atoms with Gasteiger partial charge in [0.2, 0.25) is 5.91 Å². The van der Waals surface area contributed by atoms with E-state index in [1.165, 1.54) is 11.5 Å². The van der Waals surface area contributed by atoms with Gasteiger partial charge in [-0.1, -0.05) is 0 Å². The summed E-state index contributed by atoms with van der Waals surface area (Å²) in [6.45, 7) is 1.49. The van der Waals surface area contributed by atoms with Gasteiger partial charge in [0.15, 0.2) is 0 Å². The molecule has 0 aliphatic rings. The van der Waals surface area contributed by atoms with Gasteiger partial charge in [-0.15, -0.1) is 23.2 Å². The van der Waals surface area contributed by atoms with E-state index in [0.717, 1.165) is 11.3 Å². The molecule has 0 radical (unpaired) electrons. The van der Waals surface area contributed by atoms with E-state index in [-0.39, 0.29) is 5.91 Å². The molecule has 1 aromatic heterocycles. The van der Waals surface area contributed by atoms with E-state index in [9.17, 15) is 4.79 Å². The SMILES string of the molecule is CC(=O)n1ccc(CCl)c1CCl. The second-order valence-corrected chi connectivity index (χ2v) is 2.98. The Kier molecular flexibility index (Phi) is 3.18. The maximum Gasteiger partial charge on any atom is 0.227 e. The second-order valence-electron chi connectivity index (χ2n) is 2.44. The van der Waals surface area contributed by atoms with Crippen molar-refractivity contribution in [2.45, 2.75) is 18.7 Å². The molecule has 1 aromatic rings. The van der Waals surface area contributed by atoms with Crippen molar-refractivity contribution in [3.63, 3.8) is 0 Å². The highest BCUT2D eigenvalue weighted by atomic mass is 35.5. The van der Waals surface area contributed by atoms with Gasteiger partial charge in [0.1, 0.15) is 0 Å². The minimum Gasteiger partial charge on any atom is -0.290 e. The second kappa shape index (κ2) is 3.97. The zero-order chi connectivity index (χ0) is 9.14. The molecule has 0 amide bonds. The van der Waals surface area contributed by atoms with E-state index in [1.807, 2.05) is 6.07 Å². The Morgan fingerprint density at radius 2 is 2.17 bits per heavy atom. The molecule has 0 saturated carbocycles. The highest BCUT2D eigenvalue weighted by Crippen LogP contribution is 2.15. The molecule has 12 heavy (non-hydrogen) atoms. The van der Waals surface area contributed by atoms with Crippen molar-refractivity contribution in [1.29, 1.82) is 0 Å². The van der Waals surface area contributed by atoms with E-state index in [4.69, 9.17) is 23.2 Å². The van der Waals surface area contributed by atoms with Crippen LogP contribution in [0.15, 0.2) is 12.3 Å². The van der Waals surface area contributed by atoms with Crippen molar-refractivity contribution in [2.75, 3.05) is 0 Å². The largest absolute Gasteiger partial charge is 0.290 e. The average molecular weight is 206 g/mol. The monoisotopic (exact) mass is 205 g/mol. The Labute approximate surface area is 81.1 Å². The van der Waals surface area contributed by atoms with E-state index >= 15 is 0 Å².